The fraction of sp³-hybridized carbons (Fsp3) is 0.348. The molecule has 0 radical (unpaired) electrons. The number of carbonyl (C=O) groups excluding carboxylic acids is 1. The van der Waals surface area contributed by atoms with Gasteiger partial charge in [-0.25, -0.2) is 18.7 Å². The van der Waals surface area contributed by atoms with Gasteiger partial charge in [0.2, 0.25) is 0 Å². The number of pyridine rings is 2. The molecule has 0 aliphatic carbocycles. The van der Waals surface area contributed by atoms with E-state index in [0.717, 1.165) is 55.8 Å². The number of benzene rings is 1. The van der Waals surface area contributed by atoms with E-state index in [1.807, 2.05) is 13.0 Å². The molecule has 0 saturated carbocycles. The van der Waals surface area contributed by atoms with Crippen molar-refractivity contribution in [3.63, 3.8) is 0 Å². The van der Waals surface area contributed by atoms with Crippen molar-refractivity contribution < 1.29 is 13.6 Å². The molecule has 32 heavy (non-hydrogen) atoms. The van der Waals surface area contributed by atoms with E-state index in [2.05, 4.69) is 32.1 Å². The van der Waals surface area contributed by atoms with Crippen LogP contribution in [-0.4, -0.2) is 64.9 Å². The molecule has 0 spiro atoms. The number of aromatic nitrogens is 3. The Kier molecular flexibility index (Phi) is 5.13. The quantitative estimate of drug-likeness (QED) is 0.532. The number of nitrogens with zero attached hydrogens (tertiary/aromatic N) is 5. The van der Waals surface area contributed by atoms with Gasteiger partial charge in [-0.05, 0) is 39.1 Å². The van der Waals surface area contributed by atoms with Crippen LogP contribution in [0.5, 0.6) is 0 Å². The second kappa shape index (κ2) is 7.98. The summed E-state index contributed by atoms with van der Waals surface area (Å²) in [5.74, 6) is -2.24. The number of hydrogen-bond acceptors (Lipinski definition) is 5. The Morgan fingerprint density at radius 2 is 1.91 bits per heavy atom. The summed E-state index contributed by atoms with van der Waals surface area (Å²) >= 11 is 0. The van der Waals surface area contributed by atoms with Gasteiger partial charge in [-0.15, -0.1) is 0 Å². The normalized spacial score (nSPS) is 15.6. The van der Waals surface area contributed by atoms with E-state index < -0.39 is 11.6 Å². The minimum absolute atomic E-state index is 0.269. The third-order valence-electron chi connectivity index (χ3n) is 6.03. The number of likely N-dealkylation sites (N-methyl/N-ethyl adjacent to an activating group) is 1. The van der Waals surface area contributed by atoms with Gasteiger partial charge < -0.3 is 15.1 Å². The predicted octanol–water partition coefficient (Wildman–Crippen LogP) is 3.21. The highest BCUT2D eigenvalue weighted by Crippen LogP contribution is 2.32. The van der Waals surface area contributed by atoms with Crippen LogP contribution in [0.4, 0.5) is 14.5 Å². The number of imidazole rings is 1. The summed E-state index contributed by atoms with van der Waals surface area (Å²) in [6, 6.07) is 5.91. The van der Waals surface area contributed by atoms with Crippen molar-refractivity contribution in [2.75, 3.05) is 44.7 Å². The fourth-order valence-electron chi connectivity index (χ4n) is 4.43. The average Bonchev–Trinajstić information content (AvgIpc) is 2.99. The van der Waals surface area contributed by atoms with E-state index in [9.17, 15) is 13.6 Å². The first kappa shape index (κ1) is 20.6. The number of hydrogen-bond donors (Lipinski definition) is 1. The molecule has 1 saturated heterocycles. The van der Waals surface area contributed by atoms with Crippen molar-refractivity contribution in [3.05, 3.63) is 47.7 Å². The van der Waals surface area contributed by atoms with Crippen LogP contribution in [0.2, 0.25) is 0 Å². The van der Waals surface area contributed by atoms with Crippen molar-refractivity contribution in [2.24, 2.45) is 0 Å². The molecule has 0 bridgehead atoms. The Hall–Kier alpha value is -3.33. The third-order valence-corrected chi connectivity index (χ3v) is 6.03. The number of anilines is 1. The maximum Gasteiger partial charge on any atom is 0.255 e. The SMILES string of the molecule is CCNC(=O)c1cc2c(N3CCCN(C)CC3)ccnc2n2c1nc1cc(F)c(F)cc12. The van der Waals surface area contributed by atoms with Gasteiger partial charge in [0, 0.05) is 55.6 Å². The van der Waals surface area contributed by atoms with Gasteiger partial charge in [-0.2, -0.15) is 0 Å². The van der Waals surface area contributed by atoms with Crippen molar-refractivity contribution >= 4 is 39.3 Å². The summed E-state index contributed by atoms with van der Waals surface area (Å²) in [5.41, 5.74) is 2.82. The van der Waals surface area contributed by atoms with Crippen LogP contribution in [0, 0.1) is 11.6 Å². The number of amides is 1. The number of nitrogens with one attached hydrogen (secondary N) is 1. The van der Waals surface area contributed by atoms with E-state index in [0.29, 0.717) is 28.9 Å². The second-order valence-corrected chi connectivity index (χ2v) is 8.15. The molecule has 0 unspecified atom stereocenters. The molecular formula is C23H24F2N6O. The minimum Gasteiger partial charge on any atom is -0.370 e. The van der Waals surface area contributed by atoms with Crippen molar-refractivity contribution in [2.45, 2.75) is 13.3 Å². The van der Waals surface area contributed by atoms with Gasteiger partial charge >= 0.3 is 0 Å². The maximum atomic E-state index is 14.2. The lowest BCUT2D eigenvalue weighted by molar-refractivity contribution is 0.0957. The smallest absolute Gasteiger partial charge is 0.255 e. The Balaban J connectivity index is 1.84. The van der Waals surface area contributed by atoms with E-state index in [1.54, 1.807) is 16.7 Å². The van der Waals surface area contributed by atoms with E-state index in [-0.39, 0.29) is 11.4 Å². The Morgan fingerprint density at radius 3 is 2.72 bits per heavy atom. The molecular weight excluding hydrogens is 414 g/mol. The fourth-order valence-corrected chi connectivity index (χ4v) is 4.43. The van der Waals surface area contributed by atoms with Gasteiger partial charge in [-0.3, -0.25) is 9.20 Å². The van der Waals surface area contributed by atoms with Crippen LogP contribution < -0.4 is 10.2 Å². The first-order chi connectivity index (χ1) is 15.5. The first-order valence-electron chi connectivity index (χ1n) is 10.8. The van der Waals surface area contributed by atoms with Crippen LogP contribution in [0.15, 0.2) is 30.5 Å². The van der Waals surface area contributed by atoms with E-state index in [4.69, 9.17) is 0 Å². The lowest BCUT2D eigenvalue weighted by Gasteiger charge is -2.24. The van der Waals surface area contributed by atoms with Crippen LogP contribution in [0.3, 0.4) is 0 Å². The monoisotopic (exact) mass is 438 g/mol. The van der Waals surface area contributed by atoms with E-state index in [1.165, 1.54) is 0 Å². The standard InChI is InChI=1S/C23H24F2N6O/c1-3-26-23(32)15-11-14-19(30-8-4-7-29(2)9-10-30)5-6-27-21(14)31-20-13-17(25)16(24)12-18(20)28-22(15)31/h5-6,11-13H,3-4,7-10H2,1-2H3,(H,26,32). The van der Waals surface area contributed by atoms with Crippen LogP contribution in [-0.2, 0) is 0 Å². The third kappa shape index (κ3) is 3.33. The van der Waals surface area contributed by atoms with Crippen molar-refractivity contribution in [3.8, 4) is 0 Å². The van der Waals surface area contributed by atoms with Gasteiger partial charge in [0.25, 0.3) is 5.91 Å². The lowest BCUT2D eigenvalue weighted by Crippen LogP contribution is -2.29. The molecule has 1 fully saturated rings. The minimum atomic E-state index is -0.980. The van der Waals surface area contributed by atoms with Crippen LogP contribution in [0.25, 0.3) is 27.7 Å². The number of halogens is 2. The molecule has 7 nitrogen and oxygen atoms in total. The molecule has 4 heterocycles. The topological polar surface area (TPSA) is 65.8 Å². The second-order valence-electron chi connectivity index (χ2n) is 8.15. The van der Waals surface area contributed by atoms with Gasteiger partial charge in [0.05, 0.1) is 16.6 Å². The highest BCUT2D eigenvalue weighted by atomic mass is 19.2. The number of fused-ring (bicyclic) bond motifs is 5. The Bertz CT molecular complexity index is 1350. The molecule has 1 aromatic carbocycles. The number of carbonyl (C=O) groups is 1. The summed E-state index contributed by atoms with van der Waals surface area (Å²) in [6.45, 7) is 5.95. The molecule has 4 aromatic rings. The van der Waals surface area contributed by atoms with Crippen LogP contribution >= 0.6 is 0 Å². The molecule has 3 aromatic heterocycles. The zero-order chi connectivity index (χ0) is 22.4. The summed E-state index contributed by atoms with van der Waals surface area (Å²) in [7, 11) is 2.11. The van der Waals surface area contributed by atoms with E-state index >= 15 is 0 Å². The molecule has 5 rings (SSSR count). The predicted molar refractivity (Wildman–Crippen MR) is 120 cm³/mol. The zero-order valence-electron chi connectivity index (χ0n) is 18.0. The van der Waals surface area contributed by atoms with Gasteiger partial charge in [-0.1, -0.05) is 0 Å². The Morgan fingerprint density at radius 1 is 1.09 bits per heavy atom. The van der Waals surface area contributed by atoms with Crippen LogP contribution in [0.1, 0.15) is 23.7 Å². The van der Waals surface area contributed by atoms with Crippen molar-refractivity contribution in [1.82, 2.24) is 24.6 Å². The largest absolute Gasteiger partial charge is 0.370 e. The summed E-state index contributed by atoms with van der Waals surface area (Å²) in [6.07, 6.45) is 2.73. The lowest BCUT2D eigenvalue weighted by atomic mass is 10.1. The summed E-state index contributed by atoms with van der Waals surface area (Å²) < 4.78 is 29.7. The molecule has 1 aliphatic rings. The molecule has 9 heteroatoms. The van der Waals surface area contributed by atoms with Gasteiger partial charge in [0.15, 0.2) is 17.3 Å². The summed E-state index contributed by atoms with van der Waals surface area (Å²) in [5, 5.41) is 3.59. The first-order valence-corrected chi connectivity index (χ1v) is 10.8. The molecule has 1 N–H and O–H groups in total. The summed E-state index contributed by atoms with van der Waals surface area (Å²) in [4.78, 5) is 26.6. The highest BCUT2D eigenvalue weighted by Gasteiger charge is 2.22. The molecule has 1 amide bonds. The molecule has 0 atom stereocenters. The molecule has 166 valence electrons. The van der Waals surface area contributed by atoms with Crippen molar-refractivity contribution in [1.29, 1.82) is 0 Å². The maximum absolute atomic E-state index is 14.2. The highest BCUT2D eigenvalue weighted by molar-refractivity contribution is 6.07. The average molecular weight is 438 g/mol. The zero-order valence-corrected chi connectivity index (χ0v) is 18.0. The number of rotatable bonds is 3. The Labute approximate surface area is 183 Å². The molecule has 1 aliphatic heterocycles. The van der Waals surface area contributed by atoms with Gasteiger partial charge in [0.1, 0.15) is 5.65 Å².